The smallest absolute Gasteiger partial charge is 0.271 e. The standard InChI is InChI=1S/C26H27N3O3/c1-26(2,3)21-13-9-18(10-14-21)24(30)28-22-15-11-19(12-16-22)25(31)29-27-17-20-7-5-6-8-23(20)32-4/h5-17H,1-4H3,(H,28,30)(H,29,31)/b27-17+. The summed E-state index contributed by atoms with van der Waals surface area (Å²) in [5.74, 6) is 0.106. The molecule has 0 saturated carbocycles. The number of amides is 2. The van der Waals surface area contributed by atoms with E-state index in [2.05, 4.69) is 36.6 Å². The van der Waals surface area contributed by atoms with Crippen molar-refractivity contribution in [3.63, 3.8) is 0 Å². The predicted molar refractivity (Wildman–Crippen MR) is 128 cm³/mol. The van der Waals surface area contributed by atoms with Crippen molar-refractivity contribution >= 4 is 23.7 Å². The van der Waals surface area contributed by atoms with E-state index in [4.69, 9.17) is 4.74 Å². The highest BCUT2D eigenvalue weighted by molar-refractivity contribution is 6.04. The normalized spacial score (nSPS) is 11.2. The average molecular weight is 430 g/mol. The molecule has 0 bridgehead atoms. The van der Waals surface area contributed by atoms with Crippen LogP contribution in [0, 0.1) is 0 Å². The van der Waals surface area contributed by atoms with Crippen LogP contribution in [-0.4, -0.2) is 25.1 Å². The number of carbonyl (C=O) groups is 2. The number of hydrazone groups is 1. The number of hydrogen-bond acceptors (Lipinski definition) is 4. The summed E-state index contributed by atoms with van der Waals surface area (Å²) < 4.78 is 5.25. The molecule has 2 N–H and O–H groups in total. The van der Waals surface area contributed by atoms with Gasteiger partial charge in [0.05, 0.1) is 13.3 Å². The van der Waals surface area contributed by atoms with Crippen LogP contribution in [0.25, 0.3) is 0 Å². The SMILES string of the molecule is COc1ccccc1/C=N/NC(=O)c1ccc(NC(=O)c2ccc(C(C)(C)C)cc2)cc1. The Morgan fingerprint density at radius 2 is 1.44 bits per heavy atom. The van der Waals surface area contributed by atoms with Gasteiger partial charge in [-0.15, -0.1) is 0 Å². The third-order valence-corrected chi connectivity index (χ3v) is 4.93. The van der Waals surface area contributed by atoms with E-state index in [0.29, 0.717) is 22.6 Å². The molecule has 3 aromatic rings. The number of nitrogens with one attached hydrogen (secondary N) is 2. The number of carbonyl (C=O) groups excluding carboxylic acids is 2. The maximum Gasteiger partial charge on any atom is 0.271 e. The molecule has 3 rings (SSSR count). The summed E-state index contributed by atoms with van der Waals surface area (Å²) in [5.41, 5.74) is 6.04. The first-order valence-corrected chi connectivity index (χ1v) is 10.3. The molecule has 0 aliphatic carbocycles. The first-order chi connectivity index (χ1) is 15.3. The zero-order valence-corrected chi connectivity index (χ0v) is 18.7. The molecule has 6 nitrogen and oxygen atoms in total. The van der Waals surface area contributed by atoms with Gasteiger partial charge in [0.1, 0.15) is 5.75 Å². The first-order valence-electron chi connectivity index (χ1n) is 10.3. The van der Waals surface area contributed by atoms with Crippen molar-refractivity contribution in [1.29, 1.82) is 0 Å². The number of hydrogen-bond donors (Lipinski definition) is 2. The molecule has 164 valence electrons. The minimum Gasteiger partial charge on any atom is -0.496 e. The third-order valence-electron chi connectivity index (χ3n) is 4.93. The lowest BCUT2D eigenvalue weighted by atomic mass is 9.87. The number of anilines is 1. The Hall–Kier alpha value is -3.93. The topological polar surface area (TPSA) is 79.8 Å². The maximum absolute atomic E-state index is 12.5. The van der Waals surface area contributed by atoms with Gasteiger partial charge in [-0.2, -0.15) is 5.10 Å². The number of rotatable bonds is 6. The lowest BCUT2D eigenvalue weighted by molar-refractivity contribution is 0.0954. The van der Waals surface area contributed by atoms with Gasteiger partial charge in [-0.3, -0.25) is 9.59 Å². The Morgan fingerprint density at radius 3 is 2.06 bits per heavy atom. The fourth-order valence-corrected chi connectivity index (χ4v) is 3.03. The largest absolute Gasteiger partial charge is 0.496 e. The zero-order valence-electron chi connectivity index (χ0n) is 18.7. The molecule has 0 aromatic heterocycles. The Balaban J connectivity index is 1.59. The average Bonchev–Trinajstić information content (AvgIpc) is 2.79. The highest BCUT2D eigenvalue weighted by Gasteiger charge is 2.14. The van der Waals surface area contributed by atoms with Crippen molar-refractivity contribution in [1.82, 2.24) is 5.43 Å². The molecular formula is C26H27N3O3. The van der Waals surface area contributed by atoms with Gasteiger partial charge in [0.15, 0.2) is 0 Å². The number of ether oxygens (including phenoxy) is 1. The van der Waals surface area contributed by atoms with Gasteiger partial charge < -0.3 is 10.1 Å². The van der Waals surface area contributed by atoms with Gasteiger partial charge in [0, 0.05) is 22.4 Å². The summed E-state index contributed by atoms with van der Waals surface area (Å²) in [4.78, 5) is 24.8. The van der Waals surface area contributed by atoms with Crippen molar-refractivity contribution in [2.75, 3.05) is 12.4 Å². The summed E-state index contributed by atoms with van der Waals surface area (Å²) in [7, 11) is 1.58. The molecule has 2 amide bonds. The zero-order chi connectivity index (χ0) is 23.1. The van der Waals surface area contributed by atoms with Crippen LogP contribution in [0.3, 0.4) is 0 Å². The van der Waals surface area contributed by atoms with E-state index < -0.39 is 0 Å². The lowest BCUT2D eigenvalue weighted by Crippen LogP contribution is -2.18. The van der Waals surface area contributed by atoms with Crippen molar-refractivity contribution in [3.05, 3.63) is 95.1 Å². The Kier molecular flexibility index (Phi) is 7.05. The van der Waals surface area contributed by atoms with Gasteiger partial charge in [0.2, 0.25) is 0 Å². The van der Waals surface area contributed by atoms with Crippen LogP contribution in [-0.2, 0) is 5.41 Å². The van der Waals surface area contributed by atoms with Crippen molar-refractivity contribution in [3.8, 4) is 5.75 Å². The van der Waals surface area contributed by atoms with Gasteiger partial charge >= 0.3 is 0 Å². The second-order valence-corrected chi connectivity index (χ2v) is 8.30. The second-order valence-electron chi connectivity index (χ2n) is 8.30. The molecule has 0 atom stereocenters. The number of nitrogens with zero attached hydrogens (tertiary/aromatic N) is 1. The van der Waals surface area contributed by atoms with Crippen LogP contribution in [0.5, 0.6) is 5.75 Å². The quantitative estimate of drug-likeness (QED) is 0.427. The second kappa shape index (κ2) is 9.92. The molecule has 0 radical (unpaired) electrons. The van der Waals surface area contributed by atoms with Gasteiger partial charge in [-0.25, -0.2) is 5.43 Å². The Morgan fingerprint density at radius 1 is 0.844 bits per heavy atom. The molecule has 0 aliphatic rings. The van der Waals surface area contributed by atoms with Crippen molar-refractivity contribution < 1.29 is 14.3 Å². The van der Waals surface area contributed by atoms with Crippen LogP contribution in [0.2, 0.25) is 0 Å². The molecule has 0 unspecified atom stereocenters. The van der Waals surface area contributed by atoms with E-state index in [1.165, 1.54) is 6.21 Å². The van der Waals surface area contributed by atoms with E-state index in [1.807, 2.05) is 48.5 Å². The maximum atomic E-state index is 12.5. The molecule has 0 fully saturated rings. The summed E-state index contributed by atoms with van der Waals surface area (Å²) in [6.07, 6.45) is 1.52. The van der Waals surface area contributed by atoms with E-state index in [1.54, 1.807) is 31.4 Å². The summed E-state index contributed by atoms with van der Waals surface area (Å²) in [6.45, 7) is 6.39. The molecule has 3 aromatic carbocycles. The third kappa shape index (κ3) is 5.82. The van der Waals surface area contributed by atoms with E-state index >= 15 is 0 Å². The van der Waals surface area contributed by atoms with Gasteiger partial charge in [0.25, 0.3) is 11.8 Å². The van der Waals surface area contributed by atoms with E-state index in [9.17, 15) is 9.59 Å². The van der Waals surface area contributed by atoms with Crippen LogP contribution in [0.15, 0.2) is 77.9 Å². The number of para-hydroxylation sites is 1. The van der Waals surface area contributed by atoms with Crippen LogP contribution in [0.4, 0.5) is 5.69 Å². The van der Waals surface area contributed by atoms with E-state index in [0.717, 1.165) is 11.1 Å². The Labute approximate surface area is 188 Å². The molecule has 0 aliphatic heterocycles. The minimum atomic E-state index is -0.355. The van der Waals surface area contributed by atoms with E-state index in [-0.39, 0.29) is 17.2 Å². The van der Waals surface area contributed by atoms with Crippen molar-refractivity contribution in [2.45, 2.75) is 26.2 Å². The van der Waals surface area contributed by atoms with Crippen molar-refractivity contribution in [2.24, 2.45) is 5.10 Å². The number of benzene rings is 3. The molecule has 0 saturated heterocycles. The highest BCUT2D eigenvalue weighted by atomic mass is 16.5. The summed E-state index contributed by atoms with van der Waals surface area (Å²) in [5, 5.41) is 6.83. The van der Waals surface area contributed by atoms with Gasteiger partial charge in [-0.05, 0) is 59.5 Å². The molecule has 0 spiro atoms. The summed E-state index contributed by atoms with van der Waals surface area (Å²) >= 11 is 0. The monoisotopic (exact) mass is 429 g/mol. The minimum absolute atomic E-state index is 0.0304. The van der Waals surface area contributed by atoms with Crippen LogP contribution >= 0.6 is 0 Å². The Bertz CT molecular complexity index is 1110. The fourth-order valence-electron chi connectivity index (χ4n) is 3.03. The lowest BCUT2D eigenvalue weighted by Gasteiger charge is -2.19. The fraction of sp³-hybridized carbons (Fsp3) is 0.192. The molecule has 32 heavy (non-hydrogen) atoms. The number of methoxy groups -OCH3 is 1. The predicted octanol–water partition coefficient (Wildman–Crippen LogP) is 5.01. The van der Waals surface area contributed by atoms with Crippen LogP contribution < -0.4 is 15.5 Å². The first kappa shape index (κ1) is 22.7. The molecule has 6 heteroatoms. The van der Waals surface area contributed by atoms with Crippen LogP contribution in [0.1, 0.15) is 52.6 Å². The van der Waals surface area contributed by atoms with Gasteiger partial charge in [-0.1, -0.05) is 45.0 Å². The summed E-state index contributed by atoms with van der Waals surface area (Å²) in [6, 6.07) is 21.6. The molecular weight excluding hydrogens is 402 g/mol. The molecule has 0 heterocycles. The highest BCUT2D eigenvalue weighted by Crippen LogP contribution is 2.22.